The molecule has 0 saturated carbocycles. The number of fused-ring (bicyclic) bond motifs is 3. The minimum Gasteiger partial charge on any atom is -0.480 e. The number of rotatable bonds is 8. The van der Waals surface area contributed by atoms with Crippen LogP contribution in [0.15, 0.2) is 48.5 Å². The SMILES string of the molecule is COCCC[C@H](NC(=O)OCC1c2ccccc2-c2ccccc21)C(=O)O. The van der Waals surface area contributed by atoms with Crippen LogP contribution in [0.25, 0.3) is 11.1 Å². The van der Waals surface area contributed by atoms with Gasteiger partial charge in [-0.15, -0.1) is 0 Å². The largest absolute Gasteiger partial charge is 0.480 e. The van der Waals surface area contributed by atoms with Crippen LogP contribution in [0.4, 0.5) is 4.79 Å². The molecule has 0 saturated heterocycles. The van der Waals surface area contributed by atoms with Crippen LogP contribution in [0.1, 0.15) is 29.9 Å². The number of methoxy groups -OCH3 is 1. The molecule has 0 bridgehead atoms. The number of benzene rings is 2. The van der Waals surface area contributed by atoms with Crippen LogP contribution in [0, 0.1) is 0 Å². The van der Waals surface area contributed by atoms with Crippen LogP contribution < -0.4 is 5.32 Å². The van der Waals surface area contributed by atoms with Gasteiger partial charge in [0.1, 0.15) is 12.6 Å². The van der Waals surface area contributed by atoms with Crippen LogP contribution in [-0.2, 0) is 14.3 Å². The van der Waals surface area contributed by atoms with Crippen molar-refractivity contribution >= 4 is 12.1 Å². The van der Waals surface area contributed by atoms with Crippen molar-refractivity contribution in [1.82, 2.24) is 5.32 Å². The maximum atomic E-state index is 12.1. The number of aliphatic carboxylic acids is 1. The molecule has 0 radical (unpaired) electrons. The van der Waals surface area contributed by atoms with Crippen LogP contribution in [0.3, 0.4) is 0 Å². The molecular weight excluding hydrogens is 346 g/mol. The second-order valence-corrected chi connectivity index (χ2v) is 6.50. The first kappa shape index (κ1) is 18.9. The Morgan fingerprint density at radius 3 is 2.22 bits per heavy atom. The van der Waals surface area contributed by atoms with Crippen LogP contribution >= 0.6 is 0 Å². The molecule has 6 heteroatoms. The number of hydrogen-bond donors (Lipinski definition) is 2. The van der Waals surface area contributed by atoms with E-state index in [4.69, 9.17) is 9.47 Å². The summed E-state index contributed by atoms with van der Waals surface area (Å²) in [6.07, 6.45) is 0.103. The lowest BCUT2D eigenvalue weighted by molar-refractivity contribution is -0.139. The molecule has 142 valence electrons. The van der Waals surface area contributed by atoms with Gasteiger partial charge in [0, 0.05) is 19.6 Å². The first-order chi connectivity index (χ1) is 13.1. The minimum atomic E-state index is -1.08. The molecule has 6 nitrogen and oxygen atoms in total. The standard InChI is InChI=1S/C21H23NO5/c1-26-12-6-11-19(20(23)24)22-21(25)27-13-18-16-9-4-2-7-14(16)15-8-3-5-10-17(15)18/h2-5,7-10,18-19H,6,11-13H2,1H3,(H,22,25)(H,23,24)/t19-/m0/s1. The second-order valence-electron chi connectivity index (χ2n) is 6.50. The first-order valence-corrected chi connectivity index (χ1v) is 8.95. The number of carbonyl (C=O) groups is 2. The summed E-state index contributed by atoms with van der Waals surface area (Å²) in [6.45, 7) is 0.598. The van der Waals surface area contributed by atoms with Gasteiger partial charge in [-0.25, -0.2) is 9.59 Å². The van der Waals surface area contributed by atoms with Gasteiger partial charge in [0.05, 0.1) is 0 Å². The van der Waals surface area contributed by atoms with Gasteiger partial charge in [-0.3, -0.25) is 0 Å². The Morgan fingerprint density at radius 2 is 1.67 bits per heavy atom. The molecule has 0 heterocycles. The third-order valence-corrected chi connectivity index (χ3v) is 4.78. The van der Waals surface area contributed by atoms with E-state index in [9.17, 15) is 14.7 Å². The fourth-order valence-electron chi connectivity index (χ4n) is 3.47. The van der Waals surface area contributed by atoms with Gasteiger partial charge in [-0.1, -0.05) is 48.5 Å². The zero-order chi connectivity index (χ0) is 19.2. The molecule has 1 aliphatic carbocycles. The van der Waals surface area contributed by atoms with Crippen molar-refractivity contribution in [3.05, 3.63) is 59.7 Å². The predicted molar refractivity (Wildman–Crippen MR) is 101 cm³/mol. The van der Waals surface area contributed by atoms with E-state index in [2.05, 4.69) is 17.4 Å². The summed E-state index contributed by atoms with van der Waals surface area (Å²) in [5.41, 5.74) is 4.51. The molecule has 1 atom stereocenters. The molecule has 2 aromatic rings. The monoisotopic (exact) mass is 369 g/mol. The number of carboxylic acids is 1. The average molecular weight is 369 g/mol. The number of amides is 1. The summed E-state index contributed by atoms with van der Waals surface area (Å²) in [5.74, 6) is -1.14. The smallest absolute Gasteiger partial charge is 0.407 e. The fourth-order valence-corrected chi connectivity index (χ4v) is 3.47. The zero-order valence-corrected chi connectivity index (χ0v) is 15.2. The number of ether oxygens (including phenoxy) is 2. The van der Waals surface area contributed by atoms with Crippen molar-refractivity contribution in [2.24, 2.45) is 0 Å². The Labute approximate surface area is 158 Å². The van der Waals surface area contributed by atoms with Crippen molar-refractivity contribution in [3.8, 4) is 11.1 Å². The van der Waals surface area contributed by atoms with Crippen LogP contribution in [0.2, 0.25) is 0 Å². The highest BCUT2D eigenvalue weighted by atomic mass is 16.5. The highest BCUT2D eigenvalue weighted by Gasteiger charge is 2.29. The lowest BCUT2D eigenvalue weighted by Crippen LogP contribution is -2.41. The van der Waals surface area contributed by atoms with Gasteiger partial charge in [0.2, 0.25) is 0 Å². The molecule has 1 aliphatic rings. The van der Waals surface area contributed by atoms with E-state index < -0.39 is 18.1 Å². The summed E-state index contributed by atoms with van der Waals surface area (Å²) in [5, 5.41) is 11.7. The molecule has 0 fully saturated rings. The van der Waals surface area contributed by atoms with E-state index in [1.54, 1.807) is 7.11 Å². The number of hydrogen-bond acceptors (Lipinski definition) is 4. The van der Waals surface area contributed by atoms with Gasteiger partial charge in [-0.2, -0.15) is 0 Å². The van der Waals surface area contributed by atoms with E-state index in [0.717, 1.165) is 22.3 Å². The van der Waals surface area contributed by atoms with Gasteiger partial charge in [-0.05, 0) is 35.1 Å². The maximum absolute atomic E-state index is 12.1. The highest BCUT2D eigenvalue weighted by Crippen LogP contribution is 2.44. The van der Waals surface area contributed by atoms with Crippen LogP contribution in [-0.4, -0.2) is 43.5 Å². The Hall–Kier alpha value is -2.86. The Bertz CT molecular complexity index is 774. The first-order valence-electron chi connectivity index (χ1n) is 8.95. The van der Waals surface area contributed by atoms with Gasteiger partial charge in [0.15, 0.2) is 0 Å². The minimum absolute atomic E-state index is 0.0556. The van der Waals surface area contributed by atoms with Gasteiger partial charge >= 0.3 is 12.1 Å². The topological polar surface area (TPSA) is 84.9 Å². The third-order valence-electron chi connectivity index (χ3n) is 4.78. The third kappa shape index (κ3) is 4.28. The predicted octanol–water partition coefficient (Wildman–Crippen LogP) is 3.40. The lowest BCUT2D eigenvalue weighted by atomic mass is 9.98. The molecule has 3 rings (SSSR count). The Kier molecular flexibility index (Phi) is 6.08. The van der Waals surface area contributed by atoms with Crippen molar-refractivity contribution in [3.63, 3.8) is 0 Å². The Balaban J connectivity index is 1.64. The summed E-state index contributed by atoms with van der Waals surface area (Å²) in [4.78, 5) is 23.4. The maximum Gasteiger partial charge on any atom is 0.407 e. The molecule has 2 aromatic carbocycles. The van der Waals surface area contributed by atoms with Crippen molar-refractivity contribution in [2.45, 2.75) is 24.8 Å². The van der Waals surface area contributed by atoms with Crippen LogP contribution in [0.5, 0.6) is 0 Å². The number of carbonyl (C=O) groups excluding carboxylic acids is 1. The normalized spacial score (nSPS) is 13.5. The summed E-state index contributed by atoms with van der Waals surface area (Å²) >= 11 is 0. The second kappa shape index (κ2) is 8.68. The van der Waals surface area contributed by atoms with E-state index in [0.29, 0.717) is 13.0 Å². The van der Waals surface area contributed by atoms with E-state index in [1.807, 2.05) is 36.4 Å². The number of carboxylic acid groups (broad SMARTS) is 1. The summed E-state index contributed by atoms with van der Waals surface area (Å²) < 4.78 is 10.3. The molecule has 0 spiro atoms. The highest BCUT2D eigenvalue weighted by molar-refractivity contribution is 5.81. The molecule has 27 heavy (non-hydrogen) atoms. The van der Waals surface area contributed by atoms with E-state index in [1.165, 1.54) is 0 Å². The number of alkyl carbamates (subject to hydrolysis) is 1. The molecule has 0 aromatic heterocycles. The van der Waals surface area contributed by atoms with Crippen molar-refractivity contribution < 1.29 is 24.2 Å². The molecule has 2 N–H and O–H groups in total. The molecule has 0 unspecified atom stereocenters. The fraction of sp³-hybridized carbons (Fsp3) is 0.333. The summed E-state index contributed by atoms with van der Waals surface area (Å²) in [6, 6.07) is 15.1. The van der Waals surface area contributed by atoms with Gasteiger partial charge in [0.25, 0.3) is 0 Å². The quantitative estimate of drug-likeness (QED) is 0.697. The molecular formula is C21H23NO5. The van der Waals surface area contributed by atoms with Gasteiger partial charge < -0.3 is 19.9 Å². The lowest BCUT2D eigenvalue weighted by Gasteiger charge is -2.17. The molecule has 1 amide bonds. The van der Waals surface area contributed by atoms with Crippen molar-refractivity contribution in [1.29, 1.82) is 0 Å². The van der Waals surface area contributed by atoms with Crippen molar-refractivity contribution in [2.75, 3.05) is 20.3 Å². The van der Waals surface area contributed by atoms with E-state index in [-0.39, 0.29) is 18.9 Å². The molecule has 0 aliphatic heterocycles. The Morgan fingerprint density at radius 1 is 1.07 bits per heavy atom. The average Bonchev–Trinajstić information content (AvgIpc) is 2.99. The zero-order valence-electron chi connectivity index (χ0n) is 15.2. The summed E-state index contributed by atoms with van der Waals surface area (Å²) in [7, 11) is 1.55. The van der Waals surface area contributed by atoms with E-state index >= 15 is 0 Å². The number of nitrogens with one attached hydrogen (secondary N) is 1.